The number of hydrogen-bond donors (Lipinski definition) is 1. The summed E-state index contributed by atoms with van der Waals surface area (Å²) in [5.74, 6) is 1.37. The zero-order valence-corrected chi connectivity index (χ0v) is 13.1. The Morgan fingerprint density at radius 3 is 2.78 bits per heavy atom. The van der Waals surface area contributed by atoms with Gasteiger partial charge >= 0.3 is 0 Å². The van der Waals surface area contributed by atoms with Gasteiger partial charge in [0, 0.05) is 11.5 Å². The Kier molecular flexibility index (Phi) is 3.56. The van der Waals surface area contributed by atoms with Gasteiger partial charge in [0.1, 0.15) is 11.6 Å². The Morgan fingerprint density at radius 2 is 1.96 bits per heavy atom. The molecule has 2 nitrogen and oxygen atoms in total. The molecule has 1 heterocycles. The maximum Gasteiger partial charge on any atom is 0.142 e. The smallest absolute Gasteiger partial charge is 0.142 e. The van der Waals surface area contributed by atoms with Crippen molar-refractivity contribution in [3.05, 3.63) is 71.6 Å². The quantitative estimate of drug-likeness (QED) is 0.801. The number of benzene rings is 2. The van der Waals surface area contributed by atoms with Gasteiger partial charge in [0.2, 0.25) is 0 Å². The van der Waals surface area contributed by atoms with E-state index in [1.165, 1.54) is 5.56 Å². The van der Waals surface area contributed by atoms with Gasteiger partial charge in [-0.05, 0) is 37.0 Å². The molecular weight excluding hydrogens is 289 g/mol. The van der Waals surface area contributed by atoms with Crippen molar-refractivity contribution in [1.29, 1.82) is 0 Å². The molecule has 0 saturated heterocycles. The van der Waals surface area contributed by atoms with Crippen LogP contribution in [0.3, 0.4) is 0 Å². The fourth-order valence-electron chi connectivity index (χ4n) is 3.90. The molecule has 0 bridgehead atoms. The van der Waals surface area contributed by atoms with Gasteiger partial charge in [-0.3, -0.25) is 0 Å². The Bertz CT molecular complexity index is 755. The van der Waals surface area contributed by atoms with Gasteiger partial charge in [0.05, 0.1) is 18.3 Å². The lowest BCUT2D eigenvalue weighted by molar-refractivity contribution is 0.336. The summed E-state index contributed by atoms with van der Waals surface area (Å²) in [6, 6.07) is 13.2. The summed E-state index contributed by atoms with van der Waals surface area (Å²) in [4.78, 5) is 0. The summed E-state index contributed by atoms with van der Waals surface area (Å²) in [7, 11) is 0. The van der Waals surface area contributed by atoms with E-state index in [4.69, 9.17) is 4.74 Å². The number of nitrogens with one attached hydrogen (secondary N) is 1. The first kappa shape index (κ1) is 14.3. The Morgan fingerprint density at radius 1 is 1.13 bits per heavy atom. The number of rotatable bonds is 3. The van der Waals surface area contributed by atoms with Crippen LogP contribution in [0.1, 0.15) is 36.4 Å². The third-order valence-electron chi connectivity index (χ3n) is 4.90. The molecule has 1 aliphatic heterocycles. The van der Waals surface area contributed by atoms with Crippen LogP contribution in [-0.4, -0.2) is 6.61 Å². The van der Waals surface area contributed by atoms with Crippen molar-refractivity contribution in [3.63, 3.8) is 0 Å². The molecule has 1 N–H and O–H groups in total. The molecule has 0 radical (unpaired) electrons. The molecule has 2 aromatic rings. The average molecular weight is 309 g/mol. The van der Waals surface area contributed by atoms with E-state index in [1.54, 1.807) is 12.1 Å². The lowest BCUT2D eigenvalue weighted by Gasteiger charge is -2.38. The highest BCUT2D eigenvalue weighted by molar-refractivity contribution is 5.67. The van der Waals surface area contributed by atoms with Gasteiger partial charge in [0.25, 0.3) is 0 Å². The van der Waals surface area contributed by atoms with E-state index in [1.807, 2.05) is 31.2 Å². The fraction of sp³-hybridized carbons (Fsp3) is 0.300. The number of fused-ring (bicyclic) bond motifs is 3. The topological polar surface area (TPSA) is 21.3 Å². The number of allylic oxidation sites excluding steroid dienone is 2. The molecule has 3 heteroatoms. The minimum absolute atomic E-state index is 0.0368. The summed E-state index contributed by atoms with van der Waals surface area (Å²) < 4.78 is 20.2. The van der Waals surface area contributed by atoms with Crippen LogP contribution < -0.4 is 10.1 Å². The van der Waals surface area contributed by atoms with Gasteiger partial charge in [-0.15, -0.1) is 0 Å². The van der Waals surface area contributed by atoms with Crippen LogP contribution in [0.25, 0.3) is 0 Å². The van der Waals surface area contributed by atoms with Crippen molar-refractivity contribution in [2.45, 2.75) is 25.3 Å². The summed E-state index contributed by atoms with van der Waals surface area (Å²) in [5, 5.41) is 3.57. The highest BCUT2D eigenvalue weighted by atomic mass is 19.1. The zero-order chi connectivity index (χ0) is 15.8. The number of hydrogen-bond acceptors (Lipinski definition) is 2. The van der Waals surface area contributed by atoms with Gasteiger partial charge in [-0.2, -0.15) is 0 Å². The second-order valence-electron chi connectivity index (χ2n) is 6.15. The van der Waals surface area contributed by atoms with Crippen molar-refractivity contribution in [2.24, 2.45) is 5.92 Å². The van der Waals surface area contributed by atoms with E-state index >= 15 is 0 Å². The second kappa shape index (κ2) is 5.73. The minimum Gasteiger partial charge on any atom is -0.492 e. The summed E-state index contributed by atoms with van der Waals surface area (Å²) in [6.07, 6.45) is 5.44. The second-order valence-corrected chi connectivity index (χ2v) is 6.15. The number of para-hydroxylation sites is 1. The van der Waals surface area contributed by atoms with Crippen LogP contribution in [0.4, 0.5) is 10.1 Å². The number of ether oxygens (including phenoxy) is 1. The molecule has 2 aromatic carbocycles. The SMILES string of the molecule is CCOc1cccc2c1N[C@H](c1ccccc1F)[C@H]1CC=C[C@H]21. The normalized spacial score (nSPS) is 24.7. The van der Waals surface area contributed by atoms with Crippen LogP contribution in [0.15, 0.2) is 54.6 Å². The summed E-state index contributed by atoms with van der Waals surface area (Å²) >= 11 is 0. The van der Waals surface area contributed by atoms with Crippen LogP contribution >= 0.6 is 0 Å². The van der Waals surface area contributed by atoms with Crippen LogP contribution in [0.5, 0.6) is 5.75 Å². The van der Waals surface area contributed by atoms with Crippen molar-refractivity contribution in [2.75, 3.05) is 11.9 Å². The van der Waals surface area contributed by atoms with Gasteiger partial charge in [-0.25, -0.2) is 4.39 Å². The molecule has 0 spiro atoms. The lowest BCUT2D eigenvalue weighted by Crippen LogP contribution is -2.30. The van der Waals surface area contributed by atoms with Crippen LogP contribution in [0.2, 0.25) is 0 Å². The number of anilines is 1. The fourth-order valence-corrected chi connectivity index (χ4v) is 3.90. The van der Waals surface area contributed by atoms with Gasteiger partial charge in [0.15, 0.2) is 0 Å². The Labute approximate surface area is 136 Å². The highest BCUT2D eigenvalue weighted by Crippen LogP contribution is 2.52. The van der Waals surface area contributed by atoms with Crippen molar-refractivity contribution in [1.82, 2.24) is 0 Å². The summed E-state index contributed by atoms with van der Waals surface area (Å²) in [5.41, 5.74) is 3.00. The van der Waals surface area contributed by atoms with Crippen molar-refractivity contribution < 1.29 is 9.13 Å². The van der Waals surface area contributed by atoms with E-state index in [0.717, 1.165) is 23.4 Å². The highest BCUT2D eigenvalue weighted by Gasteiger charge is 2.39. The standard InChI is InChI=1S/C20H20FNO/c1-2-23-18-12-6-10-15-13-8-5-9-14(13)19(22-20(15)18)16-7-3-4-11-17(16)21/h3-8,10-14,19,22H,2,9H2,1H3/t13-,14-,19-/m0/s1. The minimum atomic E-state index is -0.145. The lowest BCUT2D eigenvalue weighted by atomic mass is 9.77. The monoisotopic (exact) mass is 309 g/mol. The van der Waals surface area contributed by atoms with Gasteiger partial charge in [-0.1, -0.05) is 42.5 Å². The molecular formula is C20H20FNO. The molecule has 0 fully saturated rings. The molecule has 23 heavy (non-hydrogen) atoms. The van der Waals surface area contributed by atoms with E-state index in [9.17, 15) is 4.39 Å². The third kappa shape index (κ3) is 2.31. The molecule has 4 rings (SSSR count). The van der Waals surface area contributed by atoms with E-state index in [2.05, 4.69) is 23.5 Å². The van der Waals surface area contributed by atoms with E-state index in [-0.39, 0.29) is 11.9 Å². The predicted molar refractivity (Wildman–Crippen MR) is 90.4 cm³/mol. The molecule has 2 aliphatic rings. The van der Waals surface area contributed by atoms with Crippen LogP contribution in [0, 0.1) is 11.7 Å². The first-order valence-electron chi connectivity index (χ1n) is 8.23. The molecule has 0 saturated carbocycles. The average Bonchev–Trinajstić information content (AvgIpc) is 3.05. The van der Waals surface area contributed by atoms with Crippen LogP contribution in [-0.2, 0) is 0 Å². The van der Waals surface area contributed by atoms with Crippen molar-refractivity contribution in [3.8, 4) is 5.75 Å². The Balaban J connectivity index is 1.82. The first-order valence-corrected chi connectivity index (χ1v) is 8.23. The number of halogens is 1. The largest absolute Gasteiger partial charge is 0.492 e. The molecule has 1 aliphatic carbocycles. The molecule has 3 atom stereocenters. The maximum atomic E-state index is 14.4. The summed E-state index contributed by atoms with van der Waals surface area (Å²) in [6.45, 7) is 2.60. The molecule has 0 amide bonds. The first-order chi connectivity index (χ1) is 11.3. The van der Waals surface area contributed by atoms with Crippen molar-refractivity contribution >= 4 is 5.69 Å². The maximum absolute atomic E-state index is 14.4. The molecule has 118 valence electrons. The molecule has 0 aromatic heterocycles. The van der Waals surface area contributed by atoms with Gasteiger partial charge < -0.3 is 10.1 Å². The molecule has 0 unspecified atom stereocenters. The predicted octanol–water partition coefficient (Wildman–Crippen LogP) is 5.05. The van der Waals surface area contributed by atoms with E-state index < -0.39 is 0 Å². The Hall–Kier alpha value is -2.29. The third-order valence-corrected chi connectivity index (χ3v) is 4.90. The zero-order valence-electron chi connectivity index (χ0n) is 13.1. The van der Waals surface area contributed by atoms with E-state index in [0.29, 0.717) is 18.4 Å².